The van der Waals surface area contributed by atoms with Gasteiger partial charge in [-0.1, -0.05) is 53.7 Å². The van der Waals surface area contributed by atoms with Crippen LogP contribution in [-0.4, -0.2) is 67.1 Å². The number of fused-ring (bicyclic) bond motifs is 3. The van der Waals surface area contributed by atoms with Gasteiger partial charge in [-0.2, -0.15) is 0 Å². The number of likely N-dealkylation sites (tertiary alicyclic amines) is 1. The number of imidazole rings is 1. The van der Waals surface area contributed by atoms with E-state index in [0.29, 0.717) is 42.6 Å². The summed E-state index contributed by atoms with van der Waals surface area (Å²) >= 11 is 0. The number of pyridine rings is 1. The molecule has 0 radical (unpaired) electrons. The number of carbonyl (C=O) groups excluding carboxylic acids is 1. The molecule has 2 aromatic carbocycles. The minimum Gasteiger partial charge on any atom is -0.350 e. The Bertz CT molecular complexity index is 1780. The van der Waals surface area contributed by atoms with Crippen molar-refractivity contribution in [2.24, 2.45) is 0 Å². The van der Waals surface area contributed by atoms with E-state index in [2.05, 4.69) is 81.1 Å². The predicted molar refractivity (Wildman–Crippen MR) is 174 cm³/mol. The van der Waals surface area contributed by atoms with Gasteiger partial charge in [0.2, 0.25) is 5.76 Å². The van der Waals surface area contributed by atoms with Gasteiger partial charge in [-0.15, -0.1) is 0 Å². The maximum absolute atomic E-state index is 13.5. The number of para-hydroxylation sites is 2. The zero-order chi connectivity index (χ0) is 30.4. The fourth-order valence-electron chi connectivity index (χ4n) is 8.57. The average molecular weight is 601 g/mol. The number of piperidine rings is 2. The maximum atomic E-state index is 13.5. The number of aromatic nitrogens is 4. The number of carbonyl (C=O) groups is 1. The normalized spacial score (nSPS) is 23.0. The summed E-state index contributed by atoms with van der Waals surface area (Å²) in [6.45, 7) is 4.67. The van der Waals surface area contributed by atoms with Crippen molar-refractivity contribution in [2.75, 3.05) is 19.6 Å². The Morgan fingerprint density at radius 1 is 0.889 bits per heavy atom. The van der Waals surface area contributed by atoms with Gasteiger partial charge in [0.15, 0.2) is 0 Å². The second-order valence-electron chi connectivity index (χ2n) is 13.2. The van der Waals surface area contributed by atoms with Crippen molar-refractivity contribution in [3.05, 3.63) is 102 Å². The number of nitrogens with zero attached hydrogens (tertiary/aromatic N) is 6. The average Bonchev–Trinajstić information content (AvgIpc) is 3.78. The summed E-state index contributed by atoms with van der Waals surface area (Å²) < 4.78 is 8.02. The molecule has 2 atom stereocenters. The summed E-state index contributed by atoms with van der Waals surface area (Å²) in [5.41, 5.74) is 5.12. The van der Waals surface area contributed by atoms with E-state index in [1.807, 2.05) is 23.1 Å². The number of amides is 1. The van der Waals surface area contributed by atoms with Crippen molar-refractivity contribution < 1.29 is 9.32 Å². The third-order valence-corrected chi connectivity index (χ3v) is 10.9. The molecule has 2 bridgehead atoms. The summed E-state index contributed by atoms with van der Waals surface area (Å²) in [7, 11) is 0. The quantitative estimate of drug-likeness (QED) is 0.204. The fourth-order valence-corrected chi connectivity index (χ4v) is 8.57. The first kappa shape index (κ1) is 28.2. The van der Waals surface area contributed by atoms with Gasteiger partial charge >= 0.3 is 0 Å². The van der Waals surface area contributed by atoms with Gasteiger partial charge in [0.05, 0.1) is 16.7 Å². The Kier molecular flexibility index (Phi) is 7.25. The third-order valence-electron chi connectivity index (χ3n) is 10.9. The fraction of sp³-hybridized carbons (Fsp3) is 0.405. The molecule has 3 aliphatic heterocycles. The van der Waals surface area contributed by atoms with Crippen LogP contribution in [-0.2, 0) is 5.41 Å². The van der Waals surface area contributed by atoms with Crippen molar-refractivity contribution in [1.82, 2.24) is 29.5 Å². The summed E-state index contributed by atoms with van der Waals surface area (Å²) in [5, 5.41) is 4.13. The van der Waals surface area contributed by atoms with Gasteiger partial charge < -0.3 is 14.0 Å². The van der Waals surface area contributed by atoms with Crippen LogP contribution >= 0.6 is 0 Å². The molecule has 1 amide bonds. The number of hydrogen-bond acceptors (Lipinski definition) is 6. The van der Waals surface area contributed by atoms with E-state index in [4.69, 9.17) is 9.51 Å². The van der Waals surface area contributed by atoms with Gasteiger partial charge in [0, 0.05) is 43.5 Å². The maximum Gasteiger partial charge on any atom is 0.292 e. The van der Waals surface area contributed by atoms with E-state index in [9.17, 15) is 4.79 Å². The van der Waals surface area contributed by atoms with Crippen molar-refractivity contribution in [1.29, 1.82) is 0 Å². The minimum atomic E-state index is -0.0891. The molecule has 8 nitrogen and oxygen atoms in total. The Hall–Kier alpha value is -4.30. The highest BCUT2D eigenvalue weighted by atomic mass is 16.5. The first-order valence-corrected chi connectivity index (χ1v) is 16.5. The lowest BCUT2D eigenvalue weighted by Gasteiger charge is -2.45. The smallest absolute Gasteiger partial charge is 0.292 e. The molecule has 0 spiro atoms. The van der Waals surface area contributed by atoms with Gasteiger partial charge in [-0.05, 0) is 93.7 Å². The Labute approximate surface area is 264 Å². The number of aryl methyl sites for hydroxylation is 1. The monoisotopic (exact) mass is 600 g/mol. The van der Waals surface area contributed by atoms with E-state index in [1.54, 1.807) is 12.3 Å². The van der Waals surface area contributed by atoms with Gasteiger partial charge in [-0.25, -0.2) is 4.98 Å². The lowest BCUT2D eigenvalue weighted by atomic mass is 9.70. The Morgan fingerprint density at radius 2 is 1.62 bits per heavy atom. The zero-order valence-electron chi connectivity index (χ0n) is 25.9. The van der Waals surface area contributed by atoms with E-state index >= 15 is 0 Å². The number of hydrogen-bond donors (Lipinski definition) is 0. The topological polar surface area (TPSA) is 80.3 Å². The number of benzene rings is 2. The lowest BCUT2D eigenvalue weighted by molar-refractivity contribution is 0.0572. The van der Waals surface area contributed by atoms with E-state index < -0.39 is 0 Å². The molecule has 3 fully saturated rings. The van der Waals surface area contributed by atoms with Crippen LogP contribution in [0.5, 0.6) is 0 Å². The van der Waals surface area contributed by atoms with Crippen molar-refractivity contribution in [2.45, 2.75) is 75.4 Å². The largest absolute Gasteiger partial charge is 0.350 e. The van der Waals surface area contributed by atoms with Crippen LogP contribution in [0.3, 0.4) is 0 Å². The Balaban J connectivity index is 0.962. The minimum absolute atomic E-state index is 0.0476. The standard InChI is InChI=1S/C37H40N6O2/c1-26-39-32-12-5-6-13-34(32)43(26)30-23-28-14-15-29(24-30)42(28)22-18-37(27-9-3-2-4-10-27)16-20-41(21-17-37)36(44)35-25-33(40-45-35)31-11-7-8-19-38-31/h2-13,19,25,28-30H,14-18,20-24H2,1H3. The molecule has 8 rings (SSSR count). The van der Waals surface area contributed by atoms with Gasteiger partial charge in [-0.3, -0.25) is 14.7 Å². The van der Waals surface area contributed by atoms with Crippen LogP contribution in [0, 0.1) is 6.92 Å². The summed E-state index contributed by atoms with van der Waals surface area (Å²) in [6, 6.07) is 28.7. The van der Waals surface area contributed by atoms with E-state index in [1.165, 1.54) is 36.8 Å². The molecule has 0 aliphatic carbocycles. The molecular weight excluding hydrogens is 560 g/mol. The molecule has 5 aromatic rings. The SMILES string of the molecule is Cc1nc2ccccc2n1C1CC2CCC(C1)N2CCC1(c2ccccc2)CCN(C(=O)c2cc(-c3ccccn3)no2)CC1. The molecule has 230 valence electrons. The van der Waals surface area contributed by atoms with Crippen molar-refractivity contribution in [3.63, 3.8) is 0 Å². The summed E-state index contributed by atoms with van der Waals surface area (Å²) in [4.78, 5) is 27.5. The number of rotatable bonds is 7. The summed E-state index contributed by atoms with van der Waals surface area (Å²) in [6.07, 6.45) is 9.65. The highest BCUT2D eigenvalue weighted by molar-refractivity contribution is 5.92. The van der Waals surface area contributed by atoms with Crippen LogP contribution in [0.15, 0.2) is 89.6 Å². The molecule has 2 unspecified atom stereocenters. The van der Waals surface area contributed by atoms with Gasteiger partial charge in [0.1, 0.15) is 11.5 Å². The molecule has 0 N–H and O–H groups in total. The summed E-state index contributed by atoms with van der Waals surface area (Å²) in [5.74, 6) is 1.33. The molecule has 45 heavy (non-hydrogen) atoms. The van der Waals surface area contributed by atoms with Crippen LogP contribution < -0.4 is 0 Å². The van der Waals surface area contributed by atoms with Crippen LogP contribution in [0.25, 0.3) is 22.4 Å². The first-order chi connectivity index (χ1) is 22.1. The molecule has 3 aliphatic rings. The predicted octanol–water partition coefficient (Wildman–Crippen LogP) is 6.83. The second-order valence-corrected chi connectivity index (χ2v) is 13.2. The highest BCUT2D eigenvalue weighted by Gasteiger charge is 2.44. The molecule has 0 saturated carbocycles. The van der Waals surface area contributed by atoms with Crippen LogP contribution in [0.4, 0.5) is 0 Å². The zero-order valence-corrected chi connectivity index (χ0v) is 25.9. The van der Waals surface area contributed by atoms with E-state index in [0.717, 1.165) is 37.1 Å². The molecular formula is C37H40N6O2. The first-order valence-electron chi connectivity index (χ1n) is 16.5. The highest BCUT2D eigenvalue weighted by Crippen LogP contribution is 2.45. The van der Waals surface area contributed by atoms with Crippen LogP contribution in [0.2, 0.25) is 0 Å². The molecule has 3 saturated heterocycles. The van der Waals surface area contributed by atoms with E-state index in [-0.39, 0.29) is 17.1 Å². The Morgan fingerprint density at radius 3 is 2.38 bits per heavy atom. The molecule has 6 heterocycles. The van der Waals surface area contributed by atoms with Crippen LogP contribution in [0.1, 0.15) is 72.9 Å². The third kappa shape index (κ3) is 5.15. The lowest BCUT2D eigenvalue weighted by Crippen LogP contribution is -2.49. The molecule has 3 aromatic heterocycles. The van der Waals surface area contributed by atoms with Gasteiger partial charge in [0.25, 0.3) is 5.91 Å². The van der Waals surface area contributed by atoms with Crippen molar-refractivity contribution in [3.8, 4) is 11.4 Å². The molecule has 8 heteroatoms. The second kappa shape index (κ2) is 11.6. The van der Waals surface area contributed by atoms with Crippen molar-refractivity contribution >= 4 is 16.9 Å².